The van der Waals surface area contributed by atoms with Crippen LogP contribution < -0.4 is 0 Å². The molecular weight excluding hydrogens is 240 g/mol. The van der Waals surface area contributed by atoms with E-state index in [1.807, 2.05) is 0 Å². The Hall–Kier alpha value is -1.35. The van der Waals surface area contributed by atoms with Crippen molar-refractivity contribution in [1.82, 2.24) is 0 Å². The van der Waals surface area contributed by atoms with Crippen LogP contribution in [0.1, 0.15) is 30.9 Å². The Bertz CT molecular complexity index is 473. The molecule has 2 aliphatic rings. The average molecular weight is 260 g/mol. The lowest BCUT2D eigenvalue weighted by atomic mass is 9.73. The van der Waals surface area contributed by atoms with Gasteiger partial charge < -0.3 is 9.84 Å². The van der Waals surface area contributed by atoms with E-state index in [0.29, 0.717) is 13.2 Å². The Morgan fingerprint density at radius 3 is 2.47 bits per heavy atom. The highest BCUT2D eigenvalue weighted by atomic mass is 16.5. The van der Waals surface area contributed by atoms with E-state index in [1.54, 1.807) is 0 Å². The summed E-state index contributed by atoms with van der Waals surface area (Å²) < 4.78 is 5.41. The van der Waals surface area contributed by atoms with Gasteiger partial charge in [-0.1, -0.05) is 37.6 Å². The smallest absolute Gasteiger partial charge is 0.306 e. The molecule has 0 spiro atoms. The molecule has 1 saturated carbocycles. The molecule has 0 radical (unpaired) electrons. The maximum atomic E-state index is 11.1. The highest BCUT2D eigenvalue weighted by Gasteiger charge is 2.60. The second-order valence-corrected chi connectivity index (χ2v) is 5.88. The maximum Gasteiger partial charge on any atom is 0.306 e. The number of carboxylic acid groups (broad SMARTS) is 1. The zero-order chi connectivity index (χ0) is 13.5. The Morgan fingerprint density at radius 2 is 2.05 bits per heavy atom. The van der Waals surface area contributed by atoms with Gasteiger partial charge in [-0.15, -0.1) is 0 Å². The largest absolute Gasteiger partial charge is 0.481 e. The molecule has 19 heavy (non-hydrogen) atoms. The van der Waals surface area contributed by atoms with Crippen LogP contribution in [0, 0.1) is 11.8 Å². The predicted molar refractivity (Wildman–Crippen MR) is 72.2 cm³/mol. The molecule has 1 aliphatic heterocycles. The van der Waals surface area contributed by atoms with Gasteiger partial charge in [0, 0.05) is 5.41 Å². The van der Waals surface area contributed by atoms with Crippen molar-refractivity contribution in [1.29, 1.82) is 0 Å². The monoisotopic (exact) mass is 260 g/mol. The Morgan fingerprint density at radius 1 is 1.37 bits per heavy atom. The summed E-state index contributed by atoms with van der Waals surface area (Å²) in [7, 11) is 0. The molecule has 2 unspecified atom stereocenters. The molecule has 1 heterocycles. The summed E-state index contributed by atoms with van der Waals surface area (Å²) in [6.45, 7) is 3.53. The predicted octanol–water partition coefficient (Wildman–Crippen LogP) is 2.63. The fraction of sp³-hybridized carbons (Fsp3) is 0.562. The van der Waals surface area contributed by atoms with Gasteiger partial charge in [0.2, 0.25) is 0 Å². The van der Waals surface area contributed by atoms with Crippen LogP contribution in [0.4, 0.5) is 0 Å². The van der Waals surface area contributed by atoms with Crippen LogP contribution >= 0.6 is 0 Å². The molecule has 1 aromatic rings. The summed E-state index contributed by atoms with van der Waals surface area (Å²) >= 11 is 0. The number of ether oxygens (including phenoxy) is 1. The van der Waals surface area contributed by atoms with Crippen LogP contribution in [0.3, 0.4) is 0 Å². The van der Waals surface area contributed by atoms with Crippen LogP contribution in [0.2, 0.25) is 0 Å². The second-order valence-electron chi connectivity index (χ2n) is 5.88. The molecule has 0 aromatic heterocycles. The van der Waals surface area contributed by atoms with Crippen molar-refractivity contribution in [2.45, 2.75) is 31.6 Å². The maximum absolute atomic E-state index is 11.1. The number of benzene rings is 1. The summed E-state index contributed by atoms with van der Waals surface area (Å²) in [4.78, 5) is 11.1. The molecule has 3 heteroatoms. The molecule has 1 aromatic carbocycles. The highest BCUT2D eigenvalue weighted by molar-refractivity contribution is 5.74. The van der Waals surface area contributed by atoms with Gasteiger partial charge in [0.1, 0.15) is 0 Å². The van der Waals surface area contributed by atoms with E-state index in [-0.39, 0.29) is 17.3 Å². The third kappa shape index (κ3) is 2.06. The van der Waals surface area contributed by atoms with Crippen molar-refractivity contribution in [2.75, 3.05) is 13.2 Å². The first-order valence-corrected chi connectivity index (χ1v) is 7.07. The lowest BCUT2D eigenvalue weighted by molar-refractivity contribution is -0.140. The number of aryl methyl sites for hydroxylation is 1. The van der Waals surface area contributed by atoms with E-state index in [9.17, 15) is 4.79 Å². The van der Waals surface area contributed by atoms with Gasteiger partial charge in [-0.2, -0.15) is 0 Å². The molecule has 1 N–H and O–H groups in total. The Balaban J connectivity index is 1.80. The molecule has 102 valence electrons. The lowest BCUT2D eigenvalue weighted by Gasteiger charge is -2.43. The zero-order valence-electron chi connectivity index (χ0n) is 11.3. The van der Waals surface area contributed by atoms with Gasteiger partial charge >= 0.3 is 5.97 Å². The number of carbonyl (C=O) groups is 1. The van der Waals surface area contributed by atoms with Crippen LogP contribution in [0.25, 0.3) is 0 Å². The normalized spacial score (nSPS) is 27.6. The van der Waals surface area contributed by atoms with E-state index in [1.165, 1.54) is 11.1 Å². The second kappa shape index (κ2) is 4.64. The first-order valence-electron chi connectivity index (χ1n) is 7.07. The summed E-state index contributed by atoms with van der Waals surface area (Å²) in [6, 6.07) is 8.70. The minimum atomic E-state index is -0.654. The van der Waals surface area contributed by atoms with Gasteiger partial charge in [0.15, 0.2) is 0 Å². The first-order chi connectivity index (χ1) is 9.17. The molecule has 3 nitrogen and oxygen atoms in total. The van der Waals surface area contributed by atoms with Gasteiger partial charge in [-0.05, 0) is 29.9 Å². The quantitative estimate of drug-likeness (QED) is 0.885. The molecule has 2 fully saturated rings. The van der Waals surface area contributed by atoms with E-state index < -0.39 is 5.97 Å². The van der Waals surface area contributed by atoms with Crippen molar-refractivity contribution in [3.63, 3.8) is 0 Å². The van der Waals surface area contributed by atoms with Crippen molar-refractivity contribution in [2.24, 2.45) is 11.8 Å². The summed E-state index contributed by atoms with van der Waals surface area (Å²) in [6.07, 6.45) is 3.05. The number of aliphatic carboxylic acids is 1. The standard InChI is InChI=1S/C16H20O3/c1-2-3-11-4-6-12(7-5-11)16(9-19-10-16)14-8-13(14)15(17)18/h4-7,13-14H,2-3,8-10H2,1H3,(H,17,18). The first kappa shape index (κ1) is 12.7. The average Bonchev–Trinajstić information content (AvgIpc) is 3.11. The highest BCUT2D eigenvalue weighted by Crippen LogP contribution is 2.55. The van der Waals surface area contributed by atoms with Crippen LogP contribution in [0.5, 0.6) is 0 Å². The van der Waals surface area contributed by atoms with E-state index >= 15 is 0 Å². The van der Waals surface area contributed by atoms with Gasteiger partial charge in [-0.3, -0.25) is 4.79 Å². The van der Waals surface area contributed by atoms with Crippen LogP contribution in [-0.2, 0) is 21.4 Å². The molecular formula is C16H20O3. The summed E-state index contributed by atoms with van der Waals surface area (Å²) in [5.74, 6) is -0.561. The van der Waals surface area contributed by atoms with Crippen LogP contribution in [-0.4, -0.2) is 24.3 Å². The summed E-state index contributed by atoms with van der Waals surface area (Å²) in [5.41, 5.74) is 2.58. The molecule has 1 aliphatic carbocycles. The fourth-order valence-electron chi connectivity index (χ4n) is 3.29. The molecule has 2 atom stereocenters. The number of hydrogen-bond acceptors (Lipinski definition) is 2. The van der Waals surface area contributed by atoms with Crippen molar-refractivity contribution in [3.8, 4) is 0 Å². The zero-order valence-corrected chi connectivity index (χ0v) is 11.3. The third-order valence-corrected chi connectivity index (χ3v) is 4.60. The minimum Gasteiger partial charge on any atom is -0.481 e. The Kier molecular flexibility index (Phi) is 3.09. The molecule has 1 saturated heterocycles. The number of hydrogen-bond donors (Lipinski definition) is 1. The van der Waals surface area contributed by atoms with Crippen LogP contribution in [0.15, 0.2) is 24.3 Å². The summed E-state index contributed by atoms with van der Waals surface area (Å²) in [5, 5.41) is 9.13. The van der Waals surface area contributed by atoms with Crippen molar-refractivity contribution in [3.05, 3.63) is 35.4 Å². The van der Waals surface area contributed by atoms with E-state index in [4.69, 9.17) is 9.84 Å². The molecule has 0 amide bonds. The molecule has 3 rings (SSSR count). The van der Waals surface area contributed by atoms with E-state index in [0.717, 1.165) is 19.3 Å². The van der Waals surface area contributed by atoms with Crippen molar-refractivity contribution < 1.29 is 14.6 Å². The SMILES string of the molecule is CCCc1ccc(C2(C3CC3C(=O)O)COC2)cc1. The van der Waals surface area contributed by atoms with Crippen molar-refractivity contribution >= 4 is 5.97 Å². The minimum absolute atomic E-state index is 0.0339. The molecule has 0 bridgehead atoms. The number of carboxylic acids is 1. The fourth-order valence-corrected chi connectivity index (χ4v) is 3.29. The Labute approximate surface area is 113 Å². The van der Waals surface area contributed by atoms with Gasteiger partial charge in [0.25, 0.3) is 0 Å². The lowest BCUT2D eigenvalue weighted by Crippen LogP contribution is -2.49. The van der Waals surface area contributed by atoms with Gasteiger partial charge in [0.05, 0.1) is 19.1 Å². The van der Waals surface area contributed by atoms with E-state index in [2.05, 4.69) is 31.2 Å². The third-order valence-electron chi connectivity index (χ3n) is 4.60. The topological polar surface area (TPSA) is 46.5 Å². The van der Waals surface area contributed by atoms with Gasteiger partial charge in [-0.25, -0.2) is 0 Å². The number of rotatable bonds is 5.